The Labute approximate surface area is 97.0 Å². The first-order valence-corrected chi connectivity index (χ1v) is 5.40. The Morgan fingerprint density at radius 1 is 1.67 bits per heavy atom. The molecule has 1 aromatic heterocycles. The molecule has 1 rings (SSSR count). The van der Waals surface area contributed by atoms with Gasteiger partial charge in [0.15, 0.2) is 3.83 Å². The lowest BCUT2D eigenvalue weighted by Crippen LogP contribution is -2.24. The molecule has 12 heavy (non-hydrogen) atoms. The number of imidazole rings is 1. The number of aromatic amines is 1. The Morgan fingerprint density at radius 3 is 2.75 bits per heavy atom. The molecule has 6 heteroatoms. The standard InChI is InChI=1S/C6H7I2N3O/c7-5-4(1-3(9)2-12)10-6(8)11-5/h2-3H,1,9H2,(H,10,11)/t3-/m0/s1. The molecular formula is C6H7I2N3O. The van der Waals surface area contributed by atoms with Gasteiger partial charge in [-0.25, -0.2) is 4.98 Å². The van der Waals surface area contributed by atoms with Gasteiger partial charge in [-0.15, -0.1) is 0 Å². The van der Waals surface area contributed by atoms with Crippen molar-refractivity contribution in [1.29, 1.82) is 0 Å². The lowest BCUT2D eigenvalue weighted by Gasteiger charge is -2.00. The summed E-state index contributed by atoms with van der Waals surface area (Å²) in [6.45, 7) is 0. The number of carbonyl (C=O) groups excluding carboxylic acids is 1. The van der Waals surface area contributed by atoms with Crippen molar-refractivity contribution in [2.45, 2.75) is 12.5 Å². The summed E-state index contributed by atoms with van der Waals surface area (Å²) in [5, 5.41) is 0. The van der Waals surface area contributed by atoms with Crippen molar-refractivity contribution in [3.05, 3.63) is 13.2 Å². The summed E-state index contributed by atoms with van der Waals surface area (Å²) in [4.78, 5) is 17.4. The average molecular weight is 391 g/mol. The third-order valence-electron chi connectivity index (χ3n) is 1.31. The second kappa shape index (κ2) is 4.51. The molecule has 0 saturated carbocycles. The highest BCUT2D eigenvalue weighted by molar-refractivity contribution is 14.1. The van der Waals surface area contributed by atoms with Crippen LogP contribution in [0.4, 0.5) is 0 Å². The van der Waals surface area contributed by atoms with Crippen LogP contribution in [0.15, 0.2) is 0 Å². The van der Waals surface area contributed by atoms with E-state index in [0.29, 0.717) is 6.42 Å². The zero-order valence-corrected chi connectivity index (χ0v) is 10.4. The van der Waals surface area contributed by atoms with Gasteiger partial charge in [0.05, 0.1) is 11.7 Å². The molecule has 1 atom stereocenters. The Kier molecular flexibility index (Phi) is 3.90. The van der Waals surface area contributed by atoms with Gasteiger partial charge >= 0.3 is 0 Å². The predicted molar refractivity (Wildman–Crippen MR) is 61.8 cm³/mol. The van der Waals surface area contributed by atoms with Gasteiger partial charge in [0.2, 0.25) is 0 Å². The largest absolute Gasteiger partial charge is 0.336 e. The number of hydrogen-bond donors (Lipinski definition) is 2. The van der Waals surface area contributed by atoms with Gasteiger partial charge < -0.3 is 15.5 Å². The maximum absolute atomic E-state index is 10.3. The highest BCUT2D eigenvalue weighted by Crippen LogP contribution is 2.11. The lowest BCUT2D eigenvalue weighted by atomic mass is 10.2. The number of hydrogen-bond acceptors (Lipinski definition) is 3. The van der Waals surface area contributed by atoms with Crippen LogP contribution >= 0.6 is 45.2 Å². The molecule has 0 amide bonds. The third-order valence-corrected chi connectivity index (χ3v) is 2.72. The molecule has 0 fully saturated rings. The minimum atomic E-state index is -0.435. The number of halogens is 2. The average Bonchev–Trinajstić information content (AvgIpc) is 2.30. The lowest BCUT2D eigenvalue weighted by molar-refractivity contribution is -0.108. The van der Waals surface area contributed by atoms with Crippen molar-refractivity contribution < 1.29 is 4.79 Å². The van der Waals surface area contributed by atoms with Crippen LogP contribution in [-0.2, 0) is 11.2 Å². The summed E-state index contributed by atoms with van der Waals surface area (Å²) in [7, 11) is 0. The van der Waals surface area contributed by atoms with Gasteiger partial charge in [0.1, 0.15) is 9.99 Å². The summed E-state index contributed by atoms with van der Waals surface area (Å²) in [5.74, 6) is 0. The first-order valence-electron chi connectivity index (χ1n) is 3.24. The fraction of sp³-hybridized carbons (Fsp3) is 0.333. The maximum atomic E-state index is 10.3. The second-order valence-corrected chi connectivity index (χ2v) is 4.34. The summed E-state index contributed by atoms with van der Waals surface area (Å²) in [5.41, 5.74) is 6.39. The molecule has 0 aliphatic carbocycles. The molecule has 0 aromatic carbocycles. The Hall–Kier alpha value is 0.300. The molecule has 0 unspecified atom stereocenters. The molecule has 0 aliphatic rings. The number of aldehydes is 1. The predicted octanol–water partition coefficient (Wildman–Crippen LogP) is 0.688. The third kappa shape index (κ3) is 2.66. The number of H-pyrrole nitrogens is 1. The van der Waals surface area contributed by atoms with Gasteiger partial charge in [-0.2, -0.15) is 0 Å². The van der Waals surface area contributed by atoms with Crippen LogP contribution in [-0.4, -0.2) is 22.3 Å². The highest BCUT2D eigenvalue weighted by Gasteiger charge is 2.09. The summed E-state index contributed by atoms with van der Waals surface area (Å²) < 4.78 is 1.71. The summed E-state index contributed by atoms with van der Waals surface area (Å²) in [6.07, 6.45) is 1.27. The fourth-order valence-corrected chi connectivity index (χ4v) is 2.40. The van der Waals surface area contributed by atoms with E-state index in [4.69, 9.17) is 5.73 Å². The highest BCUT2D eigenvalue weighted by atomic mass is 127. The maximum Gasteiger partial charge on any atom is 0.169 e. The zero-order chi connectivity index (χ0) is 9.14. The second-order valence-electron chi connectivity index (χ2n) is 2.30. The van der Waals surface area contributed by atoms with E-state index in [1.54, 1.807) is 0 Å². The minimum Gasteiger partial charge on any atom is -0.336 e. The number of nitrogens with zero attached hydrogens (tertiary/aromatic N) is 1. The monoisotopic (exact) mass is 391 g/mol. The molecule has 0 radical (unpaired) electrons. The van der Waals surface area contributed by atoms with Gasteiger partial charge in [-0.3, -0.25) is 0 Å². The van der Waals surface area contributed by atoms with Gasteiger partial charge in [-0.05, 0) is 45.2 Å². The van der Waals surface area contributed by atoms with E-state index < -0.39 is 6.04 Å². The van der Waals surface area contributed by atoms with Crippen LogP contribution in [0.1, 0.15) is 5.69 Å². The fourth-order valence-electron chi connectivity index (χ4n) is 0.777. The first kappa shape index (κ1) is 10.4. The number of nitrogens with two attached hydrogens (primary N) is 1. The molecule has 0 saturated heterocycles. The van der Waals surface area contributed by atoms with E-state index in [1.165, 1.54) is 0 Å². The molecule has 0 aliphatic heterocycles. The van der Waals surface area contributed by atoms with Crippen LogP contribution in [0.5, 0.6) is 0 Å². The first-order chi connectivity index (χ1) is 5.63. The van der Waals surface area contributed by atoms with Crippen molar-refractivity contribution in [3.63, 3.8) is 0 Å². The van der Waals surface area contributed by atoms with Crippen molar-refractivity contribution in [2.24, 2.45) is 5.73 Å². The minimum absolute atomic E-state index is 0.435. The van der Waals surface area contributed by atoms with Crippen LogP contribution < -0.4 is 5.73 Å². The smallest absolute Gasteiger partial charge is 0.169 e. The molecule has 1 aromatic rings. The molecule has 0 spiro atoms. The summed E-state index contributed by atoms with van der Waals surface area (Å²) in [6, 6.07) is -0.435. The number of carbonyl (C=O) groups is 1. The van der Waals surface area contributed by atoms with E-state index in [0.717, 1.165) is 19.5 Å². The molecule has 0 bridgehead atoms. The van der Waals surface area contributed by atoms with Crippen LogP contribution in [0.25, 0.3) is 0 Å². The molecule has 1 heterocycles. The summed E-state index contributed by atoms with van der Waals surface area (Å²) >= 11 is 4.20. The Balaban J connectivity index is 2.74. The van der Waals surface area contributed by atoms with E-state index in [9.17, 15) is 4.79 Å². The van der Waals surface area contributed by atoms with Gasteiger partial charge in [0, 0.05) is 6.42 Å². The SMILES string of the molecule is N[C@H](C=O)Cc1[nH]c(I)nc1I. The number of nitrogens with one attached hydrogen (secondary N) is 1. The van der Waals surface area contributed by atoms with Gasteiger partial charge in [0.25, 0.3) is 0 Å². The molecule has 4 nitrogen and oxygen atoms in total. The van der Waals surface area contributed by atoms with Crippen molar-refractivity contribution in [3.8, 4) is 0 Å². The van der Waals surface area contributed by atoms with Crippen molar-refractivity contribution >= 4 is 51.5 Å². The number of aromatic nitrogens is 2. The van der Waals surface area contributed by atoms with Crippen LogP contribution in [0.2, 0.25) is 0 Å². The van der Waals surface area contributed by atoms with Crippen molar-refractivity contribution in [2.75, 3.05) is 0 Å². The van der Waals surface area contributed by atoms with E-state index in [-0.39, 0.29) is 0 Å². The Bertz CT molecular complexity index is 286. The quantitative estimate of drug-likeness (QED) is 0.589. The van der Waals surface area contributed by atoms with Crippen LogP contribution in [0, 0.1) is 7.53 Å². The molecule has 3 N–H and O–H groups in total. The Morgan fingerprint density at radius 2 is 2.33 bits per heavy atom. The normalized spacial score (nSPS) is 12.9. The van der Waals surface area contributed by atoms with E-state index in [1.807, 2.05) is 0 Å². The molecule has 66 valence electrons. The van der Waals surface area contributed by atoms with Crippen molar-refractivity contribution in [1.82, 2.24) is 9.97 Å². The zero-order valence-electron chi connectivity index (χ0n) is 6.05. The molecular weight excluding hydrogens is 384 g/mol. The number of rotatable bonds is 3. The van der Waals surface area contributed by atoms with E-state index in [2.05, 4.69) is 55.1 Å². The van der Waals surface area contributed by atoms with E-state index >= 15 is 0 Å². The topological polar surface area (TPSA) is 71.8 Å². The van der Waals surface area contributed by atoms with Gasteiger partial charge in [-0.1, -0.05) is 0 Å². The van der Waals surface area contributed by atoms with Crippen LogP contribution in [0.3, 0.4) is 0 Å².